The predicted octanol–water partition coefficient (Wildman–Crippen LogP) is 0.549. The number of piperidine rings is 1. The third-order valence-corrected chi connectivity index (χ3v) is 3.69. The number of likely N-dealkylation sites (tertiary alicyclic amines) is 1. The maximum absolute atomic E-state index is 11.9. The number of carbonyl (C=O) groups excluding carboxylic acids is 1. The molecule has 0 saturated carbocycles. The number of quaternary nitrogens is 1. The molecular formula is C13H17BrN3O2+. The van der Waals surface area contributed by atoms with Crippen LogP contribution in [0.15, 0.2) is 27.8 Å². The molecule has 0 aliphatic carbocycles. The molecule has 0 spiro atoms. The summed E-state index contributed by atoms with van der Waals surface area (Å²) in [7, 11) is 2.15. The highest BCUT2D eigenvalue weighted by atomic mass is 79.9. The van der Waals surface area contributed by atoms with Crippen molar-refractivity contribution in [2.24, 2.45) is 5.10 Å². The van der Waals surface area contributed by atoms with Crippen molar-refractivity contribution >= 4 is 27.5 Å². The van der Waals surface area contributed by atoms with Gasteiger partial charge in [-0.3, -0.25) is 4.79 Å². The molecule has 5 nitrogen and oxygen atoms in total. The van der Waals surface area contributed by atoms with Gasteiger partial charge in [0.25, 0.3) is 5.91 Å². The van der Waals surface area contributed by atoms with Gasteiger partial charge in [-0.2, -0.15) is 5.10 Å². The second-order valence-electron chi connectivity index (χ2n) is 4.74. The molecule has 1 amide bonds. The van der Waals surface area contributed by atoms with Crippen molar-refractivity contribution in [3.05, 3.63) is 28.2 Å². The van der Waals surface area contributed by atoms with E-state index in [1.165, 1.54) is 11.0 Å². The Bertz CT molecular complexity index is 507. The van der Waals surface area contributed by atoms with Crippen LogP contribution in [-0.4, -0.2) is 36.9 Å². The highest BCUT2D eigenvalue weighted by Gasteiger charge is 2.15. The zero-order valence-corrected chi connectivity index (χ0v) is 12.3. The summed E-state index contributed by atoms with van der Waals surface area (Å²) >= 11 is 3.27. The van der Waals surface area contributed by atoms with Crippen LogP contribution in [-0.2, 0) is 0 Å². The number of phenols is 1. The number of rotatable bonds is 2. The van der Waals surface area contributed by atoms with Crippen molar-refractivity contribution in [1.82, 2.24) is 5.43 Å². The summed E-state index contributed by atoms with van der Waals surface area (Å²) in [5.41, 5.74) is 3.74. The van der Waals surface area contributed by atoms with Crippen molar-refractivity contribution in [2.75, 3.05) is 20.1 Å². The number of hydrogen-bond donors (Lipinski definition) is 3. The number of phenolic OH excluding ortho intramolecular Hbond substituents is 1. The van der Waals surface area contributed by atoms with E-state index in [-0.39, 0.29) is 11.3 Å². The number of amides is 1. The van der Waals surface area contributed by atoms with Crippen LogP contribution >= 0.6 is 15.9 Å². The van der Waals surface area contributed by atoms with Crippen molar-refractivity contribution < 1.29 is 14.8 Å². The maximum Gasteiger partial charge on any atom is 0.275 e. The number of hydrogen-bond acceptors (Lipinski definition) is 3. The van der Waals surface area contributed by atoms with Crippen LogP contribution in [0.25, 0.3) is 0 Å². The first-order valence-electron chi connectivity index (χ1n) is 6.22. The number of carbonyl (C=O) groups is 1. The van der Waals surface area contributed by atoms with Gasteiger partial charge in [0.15, 0.2) is 0 Å². The van der Waals surface area contributed by atoms with E-state index in [1.54, 1.807) is 12.1 Å². The standard InChI is InChI=1S/C13H16BrN3O2/c1-17-6-4-10(5-7-17)15-16-13(19)11-8-9(14)2-3-12(11)18/h2-3,8,18H,4-7H2,1H3,(H,16,19)/p+1. The maximum atomic E-state index is 11.9. The topological polar surface area (TPSA) is 66.1 Å². The lowest BCUT2D eigenvalue weighted by Crippen LogP contribution is -3.10. The minimum Gasteiger partial charge on any atom is -0.507 e. The largest absolute Gasteiger partial charge is 0.507 e. The summed E-state index contributed by atoms with van der Waals surface area (Å²) in [6.45, 7) is 2.08. The minimum atomic E-state index is -0.391. The van der Waals surface area contributed by atoms with Gasteiger partial charge in [-0.15, -0.1) is 0 Å². The number of benzene rings is 1. The fourth-order valence-corrected chi connectivity index (χ4v) is 2.32. The average Bonchev–Trinajstić information content (AvgIpc) is 2.40. The Morgan fingerprint density at radius 3 is 2.79 bits per heavy atom. The Morgan fingerprint density at radius 1 is 1.42 bits per heavy atom. The molecule has 1 fully saturated rings. The fraction of sp³-hybridized carbons (Fsp3) is 0.385. The third kappa shape index (κ3) is 3.78. The Hall–Kier alpha value is -1.40. The van der Waals surface area contributed by atoms with Crippen LogP contribution in [0.3, 0.4) is 0 Å². The smallest absolute Gasteiger partial charge is 0.275 e. The molecule has 1 aliphatic rings. The molecule has 0 bridgehead atoms. The highest BCUT2D eigenvalue weighted by molar-refractivity contribution is 9.10. The van der Waals surface area contributed by atoms with Gasteiger partial charge in [-0.25, -0.2) is 5.43 Å². The number of hydrazone groups is 1. The molecule has 1 aromatic rings. The molecule has 0 atom stereocenters. The molecule has 6 heteroatoms. The molecule has 0 unspecified atom stereocenters. The van der Waals surface area contributed by atoms with Crippen LogP contribution < -0.4 is 10.3 Å². The first-order valence-corrected chi connectivity index (χ1v) is 7.01. The van der Waals surface area contributed by atoms with E-state index in [9.17, 15) is 9.90 Å². The molecule has 102 valence electrons. The van der Waals surface area contributed by atoms with Gasteiger partial charge in [-0.05, 0) is 18.2 Å². The minimum absolute atomic E-state index is 0.0475. The van der Waals surface area contributed by atoms with E-state index in [4.69, 9.17) is 0 Å². The zero-order chi connectivity index (χ0) is 13.8. The Labute approximate surface area is 120 Å². The van der Waals surface area contributed by atoms with Gasteiger partial charge in [0.1, 0.15) is 5.75 Å². The fourth-order valence-electron chi connectivity index (χ4n) is 1.96. The summed E-state index contributed by atoms with van der Waals surface area (Å²) < 4.78 is 0.742. The van der Waals surface area contributed by atoms with Gasteiger partial charge in [0.2, 0.25) is 0 Å². The summed E-state index contributed by atoms with van der Waals surface area (Å²) in [5, 5.41) is 13.8. The van der Waals surface area contributed by atoms with Crippen molar-refractivity contribution in [2.45, 2.75) is 12.8 Å². The normalized spacial score (nSPS) is 19.1. The second kappa shape index (κ2) is 6.16. The van der Waals surface area contributed by atoms with E-state index < -0.39 is 5.91 Å². The van der Waals surface area contributed by atoms with Crippen LogP contribution in [0.1, 0.15) is 23.2 Å². The van der Waals surface area contributed by atoms with E-state index in [2.05, 4.69) is 33.5 Å². The number of halogens is 1. The number of nitrogens with zero attached hydrogens (tertiary/aromatic N) is 1. The molecule has 1 saturated heterocycles. The average molecular weight is 327 g/mol. The summed E-state index contributed by atoms with van der Waals surface area (Å²) in [6, 6.07) is 4.73. The molecule has 19 heavy (non-hydrogen) atoms. The van der Waals surface area contributed by atoms with Crippen molar-refractivity contribution in [3.63, 3.8) is 0 Å². The van der Waals surface area contributed by atoms with E-state index in [0.29, 0.717) is 0 Å². The Kier molecular flexibility index (Phi) is 4.55. The lowest BCUT2D eigenvalue weighted by atomic mass is 10.1. The molecule has 1 aromatic carbocycles. The van der Waals surface area contributed by atoms with E-state index >= 15 is 0 Å². The van der Waals surface area contributed by atoms with E-state index in [1.807, 2.05) is 0 Å². The lowest BCUT2D eigenvalue weighted by Gasteiger charge is -2.20. The summed E-state index contributed by atoms with van der Waals surface area (Å²) in [6.07, 6.45) is 1.80. The molecular weight excluding hydrogens is 310 g/mol. The first-order chi connectivity index (χ1) is 9.06. The number of aromatic hydroxyl groups is 1. The van der Waals surface area contributed by atoms with Gasteiger partial charge < -0.3 is 10.0 Å². The van der Waals surface area contributed by atoms with Gasteiger partial charge in [-0.1, -0.05) is 15.9 Å². The Morgan fingerprint density at radius 2 is 2.11 bits per heavy atom. The van der Waals surface area contributed by atoms with Crippen LogP contribution in [0, 0.1) is 0 Å². The van der Waals surface area contributed by atoms with Gasteiger partial charge >= 0.3 is 0 Å². The molecule has 2 rings (SSSR count). The van der Waals surface area contributed by atoms with Crippen LogP contribution in [0.2, 0.25) is 0 Å². The van der Waals surface area contributed by atoms with Crippen LogP contribution in [0.5, 0.6) is 5.75 Å². The molecule has 1 aliphatic heterocycles. The number of nitrogens with one attached hydrogen (secondary N) is 2. The summed E-state index contributed by atoms with van der Waals surface area (Å²) in [4.78, 5) is 13.4. The molecule has 0 aromatic heterocycles. The Balaban J connectivity index is 2.01. The predicted molar refractivity (Wildman–Crippen MR) is 76.6 cm³/mol. The first kappa shape index (κ1) is 14.0. The summed E-state index contributed by atoms with van der Waals surface area (Å²) in [5.74, 6) is -0.439. The van der Waals surface area contributed by atoms with Crippen molar-refractivity contribution in [1.29, 1.82) is 0 Å². The van der Waals surface area contributed by atoms with E-state index in [0.717, 1.165) is 36.1 Å². The van der Waals surface area contributed by atoms with Gasteiger partial charge in [0.05, 0.1) is 25.7 Å². The second-order valence-corrected chi connectivity index (χ2v) is 5.65. The van der Waals surface area contributed by atoms with Crippen molar-refractivity contribution in [3.8, 4) is 5.75 Å². The van der Waals surface area contributed by atoms with Gasteiger partial charge in [0, 0.05) is 23.0 Å². The quantitative estimate of drug-likeness (QED) is 0.695. The SMILES string of the molecule is C[NH+]1CCC(=NNC(=O)c2cc(Br)ccc2O)CC1. The highest BCUT2D eigenvalue weighted by Crippen LogP contribution is 2.21. The monoisotopic (exact) mass is 326 g/mol. The molecule has 3 N–H and O–H groups in total. The molecule has 0 radical (unpaired) electrons. The zero-order valence-electron chi connectivity index (χ0n) is 10.7. The lowest BCUT2D eigenvalue weighted by molar-refractivity contribution is -0.880. The third-order valence-electron chi connectivity index (χ3n) is 3.20. The molecule has 1 heterocycles. The van der Waals surface area contributed by atoms with Crippen LogP contribution in [0.4, 0.5) is 0 Å².